The van der Waals surface area contributed by atoms with E-state index in [2.05, 4.69) is 25.8 Å². The fraction of sp³-hybridized carbons (Fsp3) is 0.308. The van der Waals surface area contributed by atoms with E-state index in [-0.39, 0.29) is 30.2 Å². The van der Waals surface area contributed by atoms with E-state index in [4.69, 9.17) is 11.5 Å². The maximum absolute atomic E-state index is 12.3. The summed E-state index contributed by atoms with van der Waals surface area (Å²) in [6, 6.07) is 0. The Labute approximate surface area is 151 Å². The van der Waals surface area contributed by atoms with Crippen LogP contribution in [0.3, 0.4) is 0 Å². The summed E-state index contributed by atoms with van der Waals surface area (Å²) < 4.78 is 3.40. The molecule has 144 valence electrons. The number of imidazole rings is 1. The second kappa shape index (κ2) is 8.05. The van der Waals surface area contributed by atoms with Crippen LogP contribution in [0.1, 0.15) is 0 Å². The van der Waals surface area contributed by atoms with Crippen LogP contribution < -0.4 is 33.3 Å². The van der Waals surface area contributed by atoms with Gasteiger partial charge in [0.25, 0.3) is 5.56 Å². The van der Waals surface area contributed by atoms with Crippen molar-refractivity contribution < 1.29 is 9.59 Å². The molecule has 0 aromatic carbocycles. The van der Waals surface area contributed by atoms with Crippen LogP contribution in [-0.4, -0.2) is 49.3 Å². The number of guanidine groups is 1. The Hall–Kier alpha value is -3.81. The van der Waals surface area contributed by atoms with E-state index in [9.17, 15) is 19.2 Å². The van der Waals surface area contributed by atoms with Crippen molar-refractivity contribution in [2.45, 2.75) is 6.54 Å². The van der Waals surface area contributed by atoms with Crippen molar-refractivity contribution in [1.29, 1.82) is 0 Å². The number of hydrogen-bond acceptors (Lipinski definition) is 8. The SMILES string of the molecule is Cn1c(=O)c2c(ncn2CC(=O)NC(N)=N/N=C/NC(=O)CN)n(C)c1=O. The summed E-state index contributed by atoms with van der Waals surface area (Å²) in [5, 5.41) is 11.4. The number of aryl methyl sites for hydroxylation is 1. The number of nitrogens with two attached hydrogens (primary N) is 2. The zero-order valence-corrected chi connectivity index (χ0v) is 14.5. The summed E-state index contributed by atoms with van der Waals surface area (Å²) in [7, 11) is 2.79. The van der Waals surface area contributed by atoms with Gasteiger partial charge in [-0.3, -0.25) is 28.8 Å². The van der Waals surface area contributed by atoms with Gasteiger partial charge in [0, 0.05) is 14.1 Å². The average molecular weight is 378 g/mol. The third-order valence-electron chi connectivity index (χ3n) is 3.43. The first-order valence-electron chi connectivity index (χ1n) is 7.51. The molecule has 0 atom stereocenters. The van der Waals surface area contributed by atoms with E-state index >= 15 is 0 Å². The van der Waals surface area contributed by atoms with Gasteiger partial charge in [-0.05, 0) is 0 Å². The molecular weight excluding hydrogens is 360 g/mol. The van der Waals surface area contributed by atoms with Gasteiger partial charge >= 0.3 is 5.69 Å². The van der Waals surface area contributed by atoms with E-state index in [1.165, 1.54) is 29.6 Å². The number of nitrogens with zero attached hydrogens (tertiary/aromatic N) is 6. The molecule has 2 rings (SSSR count). The summed E-state index contributed by atoms with van der Waals surface area (Å²) in [4.78, 5) is 51.1. The van der Waals surface area contributed by atoms with E-state index in [0.717, 1.165) is 10.9 Å². The van der Waals surface area contributed by atoms with Crippen molar-refractivity contribution in [2.24, 2.45) is 35.8 Å². The first-order chi connectivity index (χ1) is 12.8. The summed E-state index contributed by atoms with van der Waals surface area (Å²) in [6.45, 7) is -0.514. The van der Waals surface area contributed by atoms with Crippen LogP contribution in [0.5, 0.6) is 0 Å². The summed E-state index contributed by atoms with van der Waals surface area (Å²) in [6.07, 6.45) is 2.22. The Balaban J connectivity index is 2.14. The van der Waals surface area contributed by atoms with Gasteiger partial charge < -0.3 is 21.4 Å². The van der Waals surface area contributed by atoms with E-state index in [1.807, 2.05) is 0 Å². The van der Waals surface area contributed by atoms with E-state index < -0.39 is 23.1 Å². The lowest BCUT2D eigenvalue weighted by Crippen LogP contribution is -2.40. The van der Waals surface area contributed by atoms with Gasteiger partial charge in [-0.1, -0.05) is 0 Å². The molecule has 0 fully saturated rings. The predicted molar refractivity (Wildman–Crippen MR) is 95.7 cm³/mol. The van der Waals surface area contributed by atoms with Crippen LogP contribution in [-0.2, 0) is 30.2 Å². The largest absolute Gasteiger partial charge is 0.368 e. The quantitative estimate of drug-likeness (QED) is 0.230. The van der Waals surface area contributed by atoms with Crippen LogP contribution in [0.25, 0.3) is 11.2 Å². The van der Waals surface area contributed by atoms with Crippen molar-refractivity contribution >= 4 is 35.3 Å². The average Bonchev–Trinajstić information content (AvgIpc) is 3.04. The topological polar surface area (TPSA) is 197 Å². The molecule has 0 saturated carbocycles. The van der Waals surface area contributed by atoms with Gasteiger partial charge in [0.2, 0.25) is 17.8 Å². The van der Waals surface area contributed by atoms with Gasteiger partial charge in [0.15, 0.2) is 11.2 Å². The third kappa shape index (κ3) is 4.24. The lowest BCUT2D eigenvalue weighted by atomic mass is 10.4. The van der Waals surface area contributed by atoms with Crippen molar-refractivity contribution in [3.8, 4) is 0 Å². The minimum atomic E-state index is -0.604. The van der Waals surface area contributed by atoms with E-state index in [1.54, 1.807) is 0 Å². The van der Waals surface area contributed by atoms with Crippen LogP contribution in [0, 0.1) is 0 Å². The minimum Gasteiger partial charge on any atom is -0.368 e. The maximum Gasteiger partial charge on any atom is 0.332 e. The number of amides is 2. The number of carbonyl (C=O) groups excluding carboxylic acids is 2. The fourth-order valence-corrected chi connectivity index (χ4v) is 2.13. The monoisotopic (exact) mass is 378 g/mol. The highest BCUT2D eigenvalue weighted by atomic mass is 16.2. The van der Waals surface area contributed by atoms with Gasteiger partial charge in [-0.25, -0.2) is 9.78 Å². The van der Waals surface area contributed by atoms with Crippen molar-refractivity contribution in [3.05, 3.63) is 27.2 Å². The third-order valence-corrected chi connectivity index (χ3v) is 3.43. The number of carbonyl (C=O) groups is 2. The fourth-order valence-electron chi connectivity index (χ4n) is 2.13. The molecule has 27 heavy (non-hydrogen) atoms. The summed E-state index contributed by atoms with van der Waals surface area (Å²) >= 11 is 0. The Kier molecular flexibility index (Phi) is 5.82. The summed E-state index contributed by atoms with van der Waals surface area (Å²) in [5.74, 6) is -1.41. The minimum absolute atomic E-state index is 0.0905. The zero-order chi connectivity index (χ0) is 20.1. The highest BCUT2D eigenvalue weighted by Gasteiger charge is 2.16. The molecule has 6 N–H and O–H groups in total. The Morgan fingerprint density at radius 3 is 2.63 bits per heavy atom. The lowest BCUT2D eigenvalue weighted by molar-refractivity contribution is -0.120. The zero-order valence-electron chi connectivity index (χ0n) is 14.5. The smallest absolute Gasteiger partial charge is 0.332 e. The molecule has 0 unspecified atom stereocenters. The van der Waals surface area contributed by atoms with Crippen LogP contribution in [0.15, 0.2) is 26.1 Å². The first kappa shape index (κ1) is 19.5. The molecule has 0 aliphatic heterocycles. The van der Waals surface area contributed by atoms with Crippen LogP contribution >= 0.6 is 0 Å². The second-order valence-electron chi connectivity index (χ2n) is 5.30. The number of hydrogen-bond donors (Lipinski definition) is 4. The molecule has 0 bridgehead atoms. The van der Waals surface area contributed by atoms with Crippen LogP contribution in [0.2, 0.25) is 0 Å². The lowest BCUT2D eigenvalue weighted by Gasteiger charge is -2.07. The maximum atomic E-state index is 12.3. The number of fused-ring (bicyclic) bond motifs is 1. The van der Waals surface area contributed by atoms with Gasteiger partial charge in [-0.2, -0.15) is 0 Å². The normalized spacial score (nSPS) is 11.9. The molecule has 2 amide bonds. The first-order valence-corrected chi connectivity index (χ1v) is 7.51. The molecule has 0 saturated heterocycles. The Bertz CT molecular complexity index is 1060. The highest BCUT2D eigenvalue weighted by molar-refractivity contribution is 5.96. The number of rotatable bonds is 5. The number of aromatic nitrogens is 4. The molecular formula is C13H18N10O4. The predicted octanol–water partition coefficient (Wildman–Crippen LogP) is -4.12. The molecule has 2 heterocycles. The molecule has 0 aliphatic rings. The second-order valence-corrected chi connectivity index (χ2v) is 5.30. The van der Waals surface area contributed by atoms with Gasteiger partial charge in [0.05, 0.1) is 12.9 Å². The number of nitrogens with one attached hydrogen (secondary N) is 2. The molecule has 0 aliphatic carbocycles. The standard InChI is InChI=1S/C13H18N10O4/c1-21-10-9(11(26)22(2)13(21)27)23(6-17-10)4-8(25)19-12(15)20-18-5-16-7(24)3-14/h5-6H,3-4,14H2,1-2H3,(H,16,18,24)(H3,15,19,20,25). The van der Waals surface area contributed by atoms with E-state index in [0.29, 0.717) is 0 Å². The molecule has 14 heteroatoms. The molecule has 0 radical (unpaired) electrons. The molecule has 2 aromatic heterocycles. The van der Waals surface area contributed by atoms with Gasteiger partial charge in [0.1, 0.15) is 12.9 Å². The van der Waals surface area contributed by atoms with Crippen molar-refractivity contribution in [3.63, 3.8) is 0 Å². The highest BCUT2D eigenvalue weighted by Crippen LogP contribution is 2.04. The van der Waals surface area contributed by atoms with Crippen LogP contribution in [0.4, 0.5) is 0 Å². The Morgan fingerprint density at radius 1 is 1.26 bits per heavy atom. The summed E-state index contributed by atoms with van der Waals surface area (Å²) in [5.41, 5.74) is 9.70. The van der Waals surface area contributed by atoms with Crippen molar-refractivity contribution in [1.82, 2.24) is 29.3 Å². The van der Waals surface area contributed by atoms with Crippen molar-refractivity contribution in [2.75, 3.05) is 6.54 Å². The molecule has 14 nitrogen and oxygen atoms in total. The molecule has 2 aromatic rings. The Morgan fingerprint density at radius 2 is 1.96 bits per heavy atom. The molecule has 0 spiro atoms. The van der Waals surface area contributed by atoms with Gasteiger partial charge in [-0.15, -0.1) is 10.2 Å².